The van der Waals surface area contributed by atoms with Gasteiger partial charge in [0.2, 0.25) is 5.91 Å². The predicted molar refractivity (Wildman–Crippen MR) is 98.2 cm³/mol. The van der Waals surface area contributed by atoms with Gasteiger partial charge in [0.1, 0.15) is 22.7 Å². The van der Waals surface area contributed by atoms with Gasteiger partial charge in [0.15, 0.2) is 0 Å². The van der Waals surface area contributed by atoms with Crippen molar-refractivity contribution in [3.8, 4) is 11.5 Å². The maximum atomic E-state index is 14.6. The van der Waals surface area contributed by atoms with E-state index in [0.717, 1.165) is 12.1 Å². The molecular formula is C20H18ClF4NO3. The number of amides is 1. The van der Waals surface area contributed by atoms with Crippen molar-refractivity contribution < 1.29 is 31.8 Å². The second-order valence-corrected chi connectivity index (χ2v) is 6.99. The molecule has 2 aromatic rings. The molecule has 0 aliphatic carbocycles. The summed E-state index contributed by atoms with van der Waals surface area (Å²) in [7, 11) is 0. The zero-order chi connectivity index (χ0) is 21.2. The fourth-order valence-electron chi connectivity index (χ4n) is 3.33. The van der Waals surface area contributed by atoms with Crippen LogP contribution in [0.1, 0.15) is 30.5 Å². The molecule has 1 heterocycles. The van der Waals surface area contributed by atoms with Crippen LogP contribution in [0.2, 0.25) is 0 Å². The van der Waals surface area contributed by atoms with E-state index in [2.05, 4.69) is 4.74 Å². The molecule has 2 atom stereocenters. The molecule has 0 aromatic heterocycles. The highest BCUT2D eigenvalue weighted by atomic mass is 35.5. The average molecular weight is 432 g/mol. The number of likely N-dealkylation sites (tertiary alicyclic amines) is 1. The summed E-state index contributed by atoms with van der Waals surface area (Å²) < 4.78 is 60.9. The van der Waals surface area contributed by atoms with Crippen LogP contribution in [-0.2, 0) is 11.3 Å². The maximum Gasteiger partial charge on any atom is 0.573 e. The van der Waals surface area contributed by atoms with Gasteiger partial charge >= 0.3 is 6.36 Å². The molecule has 0 unspecified atom stereocenters. The topological polar surface area (TPSA) is 38.8 Å². The van der Waals surface area contributed by atoms with Crippen molar-refractivity contribution in [2.24, 2.45) is 0 Å². The third kappa shape index (κ3) is 4.93. The molecule has 1 fully saturated rings. The van der Waals surface area contributed by atoms with Gasteiger partial charge in [-0.1, -0.05) is 18.2 Å². The minimum Gasteiger partial charge on any atom is -0.493 e. The molecule has 1 amide bonds. The zero-order valence-corrected chi connectivity index (χ0v) is 16.1. The highest BCUT2D eigenvalue weighted by molar-refractivity contribution is 6.31. The number of carbonyl (C=O) groups excluding carboxylic acids is 1. The van der Waals surface area contributed by atoms with Gasteiger partial charge in [0.25, 0.3) is 0 Å². The van der Waals surface area contributed by atoms with Crippen LogP contribution >= 0.6 is 11.6 Å². The Hall–Kier alpha value is -2.48. The molecule has 0 N–H and O–H groups in total. The van der Waals surface area contributed by atoms with Crippen LogP contribution in [0.5, 0.6) is 11.5 Å². The molecule has 1 saturated heterocycles. The molecule has 1 aliphatic heterocycles. The summed E-state index contributed by atoms with van der Waals surface area (Å²) >= 11 is 6.15. The van der Waals surface area contributed by atoms with Gasteiger partial charge in [0.05, 0.1) is 18.2 Å². The predicted octanol–water partition coefficient (Wildman–Crippen LogP) is 5.20. The average Bonchev–Trinajstić information content (AvgIpc) is 2.91. The molecule has 2 aromatic carbocycles. The SMILES string of the molecule is CCOc1cccc(F)c1[C@@H]1C[C@H](Cl)C(=O)N1Cc1ccc(OC(F)(F)F)cc1. The van der Waals surface area contributed by atoms with Gasteiger partial charge in [-0.3, -0.25) is 4.79 Å². The van der Waals surface area contributed by atoms with Crippen LogP contribution in [0.15, 0.2) is 42.5 Å². The van der Waals surface area contributed by atoms with Gasteiger partial charge in [0, 0.05) is 6.54 Å². The fraction of sp³-hybridized carbons (Fsp3) is 0.350. The lowest BCUT2D eigenvalue weighted by Gasteiger charge is -2.27. The minimum absolute atomic E-state index is 0.0545. The Kier molecular flexibility index (Phi) is 6.21. The number of hydrogen-bond acceptors (Lipinski definition) is 3. The molecule has 0 spiro atoms. The van der Waals surface area contributed by atoms with E-state index in [-0.39, 0.29) is 30.2 Å². The number of halogens is 5. The van der Waals surface area contributed by atoms with Gasteiger partial charge < -0.3 is 14.4 Å². The highest BCUT2D eigenvalue weighted by Crippen LogP contribution is 2.41. The normalized spacial score (nSPS) is 19.5. The molecule has 0 bridgehead atoms. The maximum absolute atomic E-state index is 14.6. The fourth-order valence-corrected chi connectivity index (χ4v) is 3.63. The van der Waals surface area contributed by atoms with Crippen molar-refractivity contribution in [3.05, 3.63) is 59.4 Å². The lowest BCUT2D eigenvalue weighted by Crippen LogP contribution is -2.30. The lowest BCUT2D eigenvalue weighted by atomic mass is 10.0. The van der Waals surface area contributed by atoms with Crippen molar-refractivity contribution >= 4 is 17.5 Å². The summed E-state index contributed by atoms with van der Waals surface area (Å²) in [5.74, 6) is -0.931. The second-order valence-electron chi connectivity index (χ2n) is 6.46. The quantitative estimate of drug-likeness (QED) is 0.466. The van der Waals surface area contributed by atoms with Crippen LogP contribution in [0.3, 0.4) is 0 Å². The first-order valence-electron chi connectivity index (χ1n) is 8.90. The molecule has 156 valence electrons. The van der Waals surface area contributed by atoms with Crippen LogP contribution in [-0.4, -0.2) is 29.2 Å². The summed E-state index contributed by atoms with van der Waals surface area (Å²) in [5, 5.41) is -0.832. The Labute approximate surface area is 170 Å². The van der Waals surface area contributed by atoms with Crippen LogP contribution < -0.4 is 9.47 Å². The summed E-state index contributed by atoms with van der Waals surface area (Å²) in [6, 6.07) is 8.91. The Morgan fingerprint density at radius 1 is 1.17 bits per heavy atom. The van der Waals surface area contributed by atoms with Crippen molar-refractivity contribution in [2.75, 3.05) is 6.61 Å². The molecule has 3 rings (SSSR count). The first kappa shape index (κ1) is 21.2. The summed E-state index contributed by atoms with van der Waals surface area (Å²) in [6.45, 7) is 2.14. The molecule has 0 saturated carbocycles. The summed E-state index contributed by atoms with van der Waals surface area (Å²) in [6.07, 6.45) is -4.60. The molecule has 9 heteroatoms. The first-order chi connectivity index (χ1) is 13.7. The van der Waals surface area contributed by atoms with Gasteiger partial charge in [-0.05, 0) is 43.2 Å². The van der Waals surface area contributed by atoms with Crippen molar-refractivity contribution in [3.63, 3.8) is 0 Å². The largest absolute Gasteiger partial charge is 0.573 e. The molecule has 4 nitrogen and oxygen atoms in total. The van der Waals surface area contributed by atoms with E-state index in [1.165, 1.54) is 29.2 Å². The number of benzene rings is 2. The van der Waals surface area contributed by atoms with E-state index in [0.29, 0.717) is 17.9 Å². The van der Waals surface area contributed by atoms with Crippen LogP contribution in [0.25, 0.3) is 0 Å². The summed E-state index contributed by atoms with van der Waals surface area (Å²) in [5.41, 5.74) is 0.792. The van der Waals surface area contributed by atoms with E-state index >= 15 is 0 Å². The second kappa shape index (κ2) is 8.49. The van der Waals surface area contributed by atoms with E-state index in [1.54, 1.807) is 13.0 Å². The number of hydrogen-bond donors (Lipinski definition) is 0. The Morgan fingerprint density at radius 2 is 1.86 bits per heavy atom. The monoisotopic (exact) mass is 431 g/mol. The van der Waals surface area contributed by atoms with Crippen LogP contribution in [0.4, 0.5) is 17.6 Å². The molecule has 0 radical (unpaired) electrons. The van der Waals surface area contributed by atoms with Gasteiger partial charge in [-0.2, -0.15) is 0 Å². The van der Waals surface area contributed by atoms with Gasteiger partial charge in [-0.15, -0.1) is 24.8 Å². The molecular weight excluding hydrogens is 414 g/mol. The number of rotatable bonds is 6. The molecule has 1 aliphatic rings. The standard InChI is InChI=1S/C20H18ClF4NO3/c1-2-28-17-5-3-4-15(22)18(17)16-10-14(21)19(27)26(16)11-12-6-8-13(9-7-12)29-20(23,24)25/h3-9,14,16H,2,10-11H2,1H3/t14-,16-/m0/s1. The van der Waals surface area contributed by atoms with Gasteiger partial charge in [-0.25, -0.2) is 4.39 Å². The number of ether oxygens (including phenoxy) is 2. The zero-order valence-electron chi connectivity index (χ0n) is 15.4. The van der Waals surface area contributed by atoms with Crippen LogP contribution in [0, 0.1) is 5.82 Å². The smallest absolute Gasteiger partial charge is 0.493 e. The van der Waals surface area contributed by atoms with E-state index in [1.807, 2.05) is 0 Å². The van der Waals surface area contributed by atoms with Crippen molar-refractivity contribution in [2.45, 2.75) is 37.7 Å². The van der Waals surface area contributed by atoms with E-state index in [4.69, 9.17) is 16.3 Å². The minimum atomic E-state index is -4.79. The number of nitrogens with zero attached hydrogens (tertiary/aromatic N) is 1. The Balaban J connectivity index is 1.87. The van der Waals surface area contributed by atoms with Crippen molar-refractivity contribution in [1.82, 2.24) is 4.90 Å². The first-order valence-corrected chi connectivity index (χ1v) is 9.33. The molecule has 29 heavy (non-hydrogen) atoms. The third-order valence-electron chi connectivity index (χ3n) is 4.51. The lowest BCUT2D eigenvalue weighted by molar-refractivity contribution is -0.274. The number of alkyl halides is 4. The Morgan fingerprint density at radius 3 is 2.48 bits per heavy atom. The number of carbonyl (C=O) groups is 1. The van der Waals surface area contributed by atoms with E-state index < -0.39 is 23.6 Å². The van der Waals surface area contributed by atoms with Crippen molar-refractivity contribution in [1.29, 1.82) is 0 Å². The third-order valence-corrected chi connectivity index (χ3v) is 4.88. The Bertz CT molecular complexity index is 873. The van der Waals surface area contributed by atoms with E-state index in [9.17, 15) is 22.4 Å². The summed E-state index contributed by atoms with van der Waals surface area (Å²) in [4.78, 5) is 14.0. The highest BCUT2D eigenvalue weighted by Gasteiger charge is 2.41.